The van der Waals surface area contributed by atoms with E-state index in [1.165, 1.54) is 21.8 Å². The van der Waals surface area contributed by atoms with Gasteiger partial charge in [0.2, 0.25) is 0 Å². The molecule has 8 heteroatoms. The lowest BCUT2D eigenvalue weighted by atomic mass is 9.90. The minimum atomic E-state index is -0.582. The topological polar surface area (TPSA) is 70.2 Å². The predicted molar refractivity (Wildman–Crippen MR) is 102 cm³/mol. The fourth-order valence-corrected chi connectivity index (χ4v) is 4.54. The molecular weight excluding hydrogens is 381 g/mol. The summed E-state index contributed by atoms with van der Waals surface area (Å²) in [6.07, 6.45) is 3.16. The number of urea groups is 1. The molecule has 3 amide bonds. The van der Waals surface area contributed by atoms with E-state index in [-0.39, 0.29) is 5.91 Å². The Balaban J connectivity index is 1.56. The molecule has 0 saturated heterocycles. The summed E-state index contributed by atoms with van der Waals surface area (Å²) >= 11 is 13.2. The first-order chi connectivity index (χ1) is 11.9. The van der Waals surface area contributed by atoms with Gasteiger partial charge >= 0.3 is 6.03 Å². The summed E-state index contributed by atoms with van der Waals surface area (Å²) in [5.74, 6) is 0.321. The average molecular weight is 398 g/mol. The zero-order chi connectivity index (χ0) is 18.0. The van der Waals surface area contributed by atoms with Crippen LogP contribution in [0.15, 0.2) is 24.3 Å². The second-order valence-corrected chi connectivity index (χ2v) is 8.11. The predicted octanol–water partition coefficient (Wildman–Crippen LogP) is 4.65. The van der Waals surface area contributed by atoms with E-state index in [0.717, 1.165) is 19.3 Å². The van der Waals surface area contributed by atoms with Crippen molar-refractivity contribution in [2.75, 3.05) is 5.32 Å². The van der Waals surface area contributed by atoms with Gasteiger partial charge in [0.1, 0.15) is 0 Å². The molecule has 132 valence electrons. The summed E-state index contributed by atoms with van der Waals surface area (Å²) in [5, 5.41) is 3.37. The minimum absolute atomic E-state index is 0.327. The molecule has 25 heavy (non-hydrogen) atoms. The number of carbonyl (C=O) groups is 2. The van der Waals surface area contributed by atoms with Gasteiger partial charge in [0.25, 0.3) is 5.91 Å². The molecule has 5 nitrogen and oxygen atoms in total. The lowest BCUT2D eigenvalue weighted by Crippen LogP contribution is -2.43. The van der Waals surface area contributed by atoms with Crippen molar-refractivity contribution in [2.24, 2.45) is 5.92 Å². The number of hydrogen-bond acceptors (Lipinski definition) is 3. The number of benzene rings is 1. The highest BCUT2D eigenvalue weighted by molar-refractivity contribution is 7.14. The van der Waals surface area contributed by atoms with Gasteiger partial charge in [-0.1, -0.05) is 30.1 Å². The molecule has 1 atom stereocenters. The molecule has 1 heterocycles. The highest BCUT2D eigenvalue weighted by Gasteiger charge is 2.20. The molecule has 1 aromatic heterocycles. The second-order valence-electron chi connectivity index (χ2n) is 6.10. The van der Waals surface area contributed by atoms with Crippen LogP contribution in [0.1, 0.15) is 33.5 Å². The summed E-state index contributed by atoms with van der Waals surface area (Å²) in [4.78, 5) is 26.0. The van der Waals surface area contributed by atoms with Crippen molar-refractivity contribution >= 4 is 52.2 Å². The third-order valence-electron chi connectivity index (χ3n) is 3.97. The van der Waals surface area contributed by atoms with Gasteiger partial charge in [-0.25, -0.2) is 10.2 Å². The molecule has 1 unspecified atom stereocenters. The normalized spacial score (nSPS) is 16.0. The molecule has 3 rings (SSSR count). The number of thiophene rings is 1. The van der Waals surface area contributed by atoms with Crippen molar-refractivity contribution in [3.8, 4) is 0 Å². The highest BCUT2D eigenvalue weighted by atomic mass is 35.5. The number of nitrogens with one attached hydrogen (secondary N) is 3. The maximum Gasteiger partial charge on any atom is 0.337 e. The number of carbonyl (C=O) groups excluding carboxylic acids is 2. The van der Waals surface area contributed by atoms with Gasteiger partial charge in [-0.15, -0.1) is 11.3 Å². The molecule has 1 aliphatic carbocycles. The van der Waals surface area contributed by atoms with E-state index < -0.39 is 6.03 Å². The Morgan fingerprint density at radius 2 is 1.84 bits per heavy atom. The minimum Gasteiger partial charge on any atom is -0.306 e. The van der Waals surface area contributed by atoms with Crippen LogP contribution in [0.2, 0.25) is 10.0 Å². The Morgan fingerprint density at radius 1 is 1.12 bits per heavy atom. The fourth-order valence-electron chi connectivity index (χ4n) is 2.75. The van der Waals surface area contributed by atoms with Crippen molar-refractivity contribution in [2.45, 2.75) is 26.2 Å². The largest absolute Gasteiger partial charge is 0.337 e. The number of hydrazine groups is 1. The maximum absolute atomic E-state index is 12.2. The van der Waals surface area contributed by atoms with E-state index in [0.29, 0.717) is 26.5 Å². The van der Waals surface area contributed by atoms with Crippen LogP contribution >= 0.6 is 34.5 Å². The van der Waals surface area contributed by atoms with Gasteiger partial charge in [-0.2, -0.15) is 0 Å². The third kappa shape index (κ3) is 4.66. The molecule has 2 aromatic rings. The summed E-state index contributed by atoms with van der Waals surface area (Å²) < 4.78 is 0. The molecule has 0 spiro atoms. The Kier molecular flexibility index (Phi) is 5.51. The highest BCUT2D eigenvalue weighted by Crippen LogP contribution is 2.32. The van der Waals surface area contributed by atoms with Gasteiger partial charge in [0, 0.05) is 20.6 Å². The van der Waals surface area contributed by atoms with E-state index in [1.54, 1.807) is 18.2 Å². The van der Waals surface area contributed by atoms with Gasteiger partial charge in [0.15, 0.2) is 0 Å². The fraction of sp³-hybridized carbons (Fsp3) is 0.294. The first kappa shape index (κ1) is 18.0. The average Bonchev–Trinajstić information content (AvgIpc) is 2.94. The van der Waals surface area contributed by atoms with Crippen LogP contribution in [0.5, 0.6) is 0 Å². The van der Waals surface area contributed by atoms with Crippen molar-refractivity contribution < 1.29 is 9.59 Å². The summed E-state index contributed by atoms with van der Waals surface area (Å²) in [6.45, 7) is 2.22. The van der Waals surface area contributed by atoms with Crippen molar-refractivity contribution in [1.82, 2.24) is 10.9 Å². The third-order valence-corrected chi connectivity index (χ3v) is 5.61. The summed E-state index contributed by atoms with van der Waals surface area (Å²) in [6, 6.07) is 6.01. The SMILES string of the molecule is CC1CCc2cc(C(=O)NNC(=O)Nc3cc(Cl)cc(Cl)c3)sc2C1. The zero-order valence-corrected chi connectivity index (χ0v) is 15.8. The van der Waals surface area contributed by atoms with Crippen LogP contribution in [-0.4, -0.2) is 11.9 Å². The molecular formula is C17H17Cl2N3O2S. The first-order valence-electron chi connectivity index (χ1n) is 7.85. The molecule has 0 bridgehead atoms. The summed E-state index contributed by atoms with van der Waals surface area (Å²) in [7, 11) is 0. The van der Waals surface area contributed by atoms with Gasteiger partial charge in [-0.3, -0.25) is 10.2 Å². The number of fused-ring (bicyclic) bond motifs is 1. The zero-order valence-electron chi connectivity index (χ0n) is 13.5. The molecule has 1 aliphatic rings. The number of hydrogen-bond donors (Lipinski definition) is 3. The van der Waals surface area contributed by atoms with E-state index in [9.17, 15) is 9.59 Å². The lowest BCUT2D eigenvalue weighted by molar-refractivity contribution is 0.0942. The maximum atomic E-state index is 12.2. The van der Waals surface area contributed by atoms with Crippen LogP contribution < -0.4 is 16.2 Å². The Morgan fingerprint density at radius 3 is 2.56 bits per heavy atom. The number of halogens is 2. The van der Waals surface area contributed by atoms with E-state index >= 15 is 0 Å². The number of aryl methyl sites for hydroxylation is 1. The number of anilines is 1. The van der Waals surface area contributed by atoms with Crippen LogP contribution in [-0.2, 0) is 12.8 Å². The van der Waals surface area contributed by atoms with Crippen LogP contribution in [0, 0.1) is 5.92 Å². The number of rotatable bonds is 2. The van der Waals surface area contributed by atoms with Crippen molar-refractivity contribution in [3.63, 3.8) is 0 Å². The van der Waals surface area contributed by atoms with Crippen molar-refractivity contribution in [3.05, 3.63) is 49.6 Å². The van der Waals surface area contributed by atoms with E-state index in [1.807, 2.05) is 6.07 Å². The smallest absolute Gasteiger partial charge is 0.306 e. The number of amides is 3. The quantitative estimate of drug-likeness (QED) is 0.645. The van der Waals surface area contributed by atoms with Crippen LogP contribution in [0.4, 0.5) is 10.5 Å². The Labute approximate surface area is 159 Å². The standard InChI is InChI=1S/C17H17Cl2N3O2S/c1-9-2-3-10-5-15(25-14(10)4-9)16(23)21-22-17(24)20-13-7-11(18)6-12(19)8-13/h5-9H,2-4H2,1H3,(H,21,23)(H2,20,22,24). The second kappa shape index (κ2) is 7.64. The molecule has 0 fully saturated rings. The van der Waals surface area contributed by atoms with E-state index in [2.05, 4.69) is 23.1 Å². The van der Waals surface area contributed by atoms with Gasteiger partial charge < -0.3 is 5.32 Å². The monoisotopic (exact) mass is 397 g/mol. The molecule has 1 aromatic carbocycles. The molecule has 0 radical (unpaired) electrons. The lowest BCUT2D eigenvalue weighted by Gasteiger charge is -2.16. The van der Waals surface area contributed by atoms with Crippen LogP contribution in [0.25, 0.3) is 0 Å². The van der Waals surface area contributed by atoms with Crippen LogP contribution in [0.3, 0.4) is 0 Å². The molecule has 3 N–H and O–H groups in total. The summed E-state index contributed by atoms with van der Waals surface area (Å²) in [5.41, 5.74) is 6.42. The molecule has 0 aliphatic heterocycles. The molecule has 0 saturated carbocycles. The van der Waals surface area contributed by atoms with Gasteiger partial charge in [-0.05, 0) is 55.0 Å². The van der Waals surface area contributed by atoms with Crippen molar-refractivity contribution in [1.29, 1.82) is 0 Å². The van der Waals surface area contributed by atoms with Gasteiger partial charge in [0.05, 0.1) is 4.88 Å². The Bertz CT molecular complexity index is 802. The first-order valence-corrected chi connectivity index (χ1v) is 9.43. The van der Waals surface area contributed by atoms with E-state index in [4.69, 9.17) is 23.2 Å². The Hall–Kier alpha value is -1.76.